The molecule has 1 aliphatic rings. The molecule has 138 valence electrons. The summed E-state index contributed by atoms with van der Waals surface area (Å²) in [7, 11) is 0. The zero-order valence-corrected chi connectivity index (χ0v) is 14.6. The smallest absolute Gasteiger partial charge is 0.287 e. The van der Waals surface area contributed by atoms with E-state index >= 15 is 0 Å². The molecule has 0 atom stereocenters. The Balaban J connectivity index is 1.51. The van der Waals surface area contributed by atoms with Crippen LogP contribution in [0.15, 0.2) is 48.7 Å². The lowest BCUT2D eigenvalue weighted by atomic mass is 10.1. The predicted molar refractivity (Wildman–Crippen MR) is 98.1 cm³/mol. The molecule has 1 aromatic carbocycles. The Bertz CT molecular complexity index is 1010. The number of rotatable bonds is 6. The lowest BCUT2D eigenvalue weighted by molar-refractivity contribution is 0.0940. The molecule has 1 saturated carbocycles. The minimum atomic E-state index is -0.388. The summed E-state index contributed by atoms with van der Waals surface area (Å²) in [5, 5.41) is 5.65. The summed E-state index contributed by atoms with van der Waals surface area (Å²) in [6, 6.07) is 12.0. The molecule has 6 nitrogen and oxygen atoms in total. The van der Waals surface area contributed by atoms with Gasteiger partial charge in [0.2, 0.25) is 5.82 Å². The van der Waals surface area contributed by atoms with E-state index in [2.05, 4.69) is 15.6 Å². The number of imidazole rings is 1. The van der Waals surface area contributed by atoms with E-state index in [1.54, 1.807) is 47.0 Å². The molecule has 0 bridgehead atoms. The molecule has 0 spiro atoms. The van der Waals surface area contributed by atoms with Gasteiger partial charge in [-0.1, -0.05) is 24.3 Å². The van der Waals surface area contributed by atoms with Gasteiger partial charge in [-0.3, -0.25) is 14.0 Å². The van der Waals surface area contributed by atoms with Crippen LogP contribution in [0.25, 0.3) is 5.52 Å². The average Bonchev–Trinajstić information content (AvgIpc) is 3.40. The van der Waals surface area contributed by atoms with E-state index in [4.69, 9.17) is 0 Å². The standard InChI is InChI=1S/C20H19FN4O2/c21-15-6-2-1-5-13(15)10-11-22-19(26)17-16-7-3-4-12-25(16)18(24-17)20(27)23-14-8-9-14/h1-7,12,14H,8-11H2,(H,22,26)(H,23,27). The number of amides is 2. The van der Waals surface area contributed by atoms with Crippen molar-refractivity contribution in [2.45, 2.75) is 25.3 Å². The van der Waals surface area contributed by atoms with Gasteiger partial charge in [-0.25, -0.2) is 9.37 Å². The molecule has 1 aliphatic carbocycles. The van der Waals surface area contributed by atoms with Crippen molar-refractivity contribution in [3.05, 3.63) is 71.6 Å². The Morgan fingerprint density at radius 3 is 2.67 bits per heavy atom. The number of hydrogen-bond acceptors (Lipinski definition) is 3. The molecule has 4 rings (SSSR count). The molecule has 0 saturated heterocycles. The van der Waals surface area contributed by atoms with E-state index in [9.17, 15) is 14.0 Å². The first-order chi connectivity index (χ1) is 13.1. The average molecular weight is 366 g/mol. The molecule has 0 unspecified atom stereocenters. The highest BCUT2D eigenvalue weighted by Gasteiger charge is 2.27. The summed E-state index contributed by atoms with van der Waals surface area (Å²) in [6.45, 7) is 0.273. The SMILES string of the molecule is O=C(NCCc1ccccc1F)c1nc(C(=O)NC2CC2)n2ccccc12. The second-order valence-corrected chi connectivity index (χ2v) is 6.58. The van der Waals surface area contributed by atoms with Crippen LogP contribution in [0.4, 0.5) is 4.39 Å². The summed E-state index contributed by atoms with van der Waals surface area (Å²) in [5.74, 6) is -0.778. The largest absolute Gasteiger partial charge is 0.350 e. The monoisotopic (exact) mass is 366 g/mol. The Hall–Kier alpha value is -3.22. The van der Waals surface area contributed by atoms with Crippen LogP contribution in [0.5, 0.6) is 0 Å². The highest BCUT2D eigenvalue weighted by molar-refractivity contribution is 6.02. The predicted octanol–water partition coefficient (Wildman–Crippen LogP) is 2.34. The molecule has 2 heterocycles. The fourth-order valence-corrected chi connectivity index (χ4v) is 2.94. The molecule has 0 radical (unpaired) electrons. The fourth-order valence-electron chi connectivity index (χ4n) is 2.94. The number of hydrogen-bond donors (Lipinski definition) is 2. The molecule has 7 heteroatoms. The molecule has 2 amide bonds. The first kappa shape index (κ1) is 17.2. The van der Waals surface area contributed by atoms with Crippen LogP contribution in [-0.2, 0) is 6.42 Å². The van der Waals surface area contributed by atoms with Gasteiger partial charge < -0.3 is 10.6 Å². The number of benzene rings is 1. The van der Waals surface area contributed by atoms with Crippen molar-refractivity contribution >= 4 is 17.3 Å². The van der Waals surface area contributed by atoms with Gasteiger partial charge in [-0.2, -0.15) is 0 Å². The number of carbonyl (C=O) groups excluding carboxylic acids is 2. The summed E-state index contributed by atoms with van der Waals surface area (Å²) in [6.07, 6.45) is 4.02. The molecule has 2 aromatic heterocycles. The number of pyridine rings is 1. The third-order valence-electron chi connectivity index (χ3n) is 4.52. The van der Waals surface area contributed by atoms with Crippen LogP contribution in [0.3, 0.4) is 0 Å². The van der Waals surface area contributed by atoms with Crippen molar-refractivity contribution in [2.24, 2.45) is 0 Å². The van der Waals surface area contributed by atoms with E-state index in [0.717, 1.165) is 12.8 Å². The maximum atomic E-state index is 13.7. The van der Waals surface area contributed by atoms with Crippen LogP contribution < -0.4 is 10.6 Å². The zero-order valence-electron chi connectivity index (χ0n) is 14.6. The first-order valence-electron chi connectivity index (χ1n) is 8.93. The summed E-state index contributed by atoms with van der Waals surface area (Å²) in [4.78, 5) is 29.3. The Morgan fingerprint density at radius 1 is 1.11 bits per heavy atom. The van der Waals surface area contributed by atoms with Gasteiger partial charge in [0.15, 0.2) is 5.69 Å². The quantitative estimate of drug-likeness (QED) is 0.703. The normalized spacial score (nSPS) is 13.5. The molecular formula is C20H19FN4O2. The summed E-state index contributed by atoms with van der Waals surface area (Å²) >= 11 is 0. The lowest BCUT2D eigenvalue weighted by Crippen LogP contribution is -2.28. The second-order valence-electron chi connectivity index (χ2n) is 6.58. The van der Waals surface area contributed by atoms with Gasteiger partial charge in [0.05, 0.1) is 5.52 Å². The highest BCUT2D eigenvalue weighted by Crippen LogP contribution is 2.20. The summed E-state index contributed by atoms with van der Waals surface area (Å²) in [5.41, 5.74) is 1.28. The Kier molecular flexibility index (Phi) is 4.58. The topological polar surface area (TPSA) is 75.5 Å². The maximum absolute atomic E-state index is 13.7. The van der Waals surface area contributed by atoms with Gasteiger partial charge in [0.1, 0.15) is 5.82 Å². The zero-order chi connectivity index (χ0) is 18.8. The number of fused-ring (bicyclic) bond motifs is 1. The molecule has 2 N–H and O–H groups in total. The maximum Gasteiger partial charge on any atom is 0.287 e. The number of carbonyl (C=O) groups is 2. The molecule has 0 aliphatic heterocycles. The van der Waals surface area contributed by atoms with Crippen molar-refractivity contribution in [2.75, 3.05) is 6.54 Å². The van der Waals surface area contributed by atoms with E-state index in [-0.39, 0.29) is 41.7 Å². The van der Waals surface area contributed by atoms with Gasteiger partial charge in [-0.05, 0) is 43.0 Å². The van der Waals surface area contributed by atoms with Crippen molar-refractivity contribution in [1.29, 1.82) is 0 Å². The van der Waals surface area contributed by atoms with Crippen LogP contribution in [0.2, 0.25) is 0 Å². The van der Waals surface area contributed by atoms with Gasteiger partial charge in [-0.15, -0.1) is 0 Å². The minimum absolute atomic E-state index is 0.185. The van der Waals surface area contributed by atoms with Crippen LogP contribution in [-0.4, -0.2) is 33.8 Å². The highest BCUT2D eigenvalue weighted by atomic mass is 19.1. The van der Waals surface area contributed by atoms with E-state index < -0.39 is 0 Å². The van der Waals surface area contributed by atoms with Gasteiger partial charge >= 0.3 is 0 Å². The first-order valence-corrected chi connectivity index (χ1v) is 8.93. The second kappa shape index (κ2) is 7.19. The molecule has 1 fully saturated rings. The third kappa shape index (κ3) is 3.67. The number of nitrogens with zero attached hydrogens (tertiary/aromatic N) is 2. The van der Waals surface area contributed by atoms with Crippen molar-refractivity contribution < 1.29 is 14.0 Å². The Morgan fingerprint density at radius 2 is 1.89 bits per heavy atom. The fraction of sp³-hybridized carbons (Fsp3) is 0.250. The van der Waals surface area contributed by atoms with Crippen LogP contribution >= 0.6 is 0 Å². The van der Waals surface area contributed by atoms with Crippen LogP contribution in [0.1, 0.15) is 39.5 Å². The summed E-state index contributed by atoms with van der Waals surface area (Å²) < 4.78 is 15.3. The molecule has 3 aromatic rings. The Labute approximate surface area is 155 Å². The minimum Gasteiger partial charge on any atom is -0.350 e. The van der Waals surface area contributed by atoms with Gasteiger partial charge in [0, 0.05) is 18.8 Å². The van der Waals surface area contributed by atoms with Crippen molar-refractivity contribution in [3.8, 4) is 0 Å². The van der Waals surface area contributed by atoms with Crippen molar-refractivity contribution in [1.82, 2.24) is 20.0 Å². The number of halogens is 1. The van der Waals surface area contributed by atoms with Gasteiger partial charge in [0.25, 0.3) is 11.8 Å². The van der Waals surface area contributed by atoms with Crippen molar-refractivity contribution in [3.63, 3.8) is 0 Å². The van der Waals surface area contributed by atoms with Crippen LogP contribution in [0, 0.1) is 5.82 Å². The van der Waals surface area contributed by atoms with E-state index in [0.29, 0.717) is 17.5 Å². The molecular weight excluding hydrogens is 347 g/mol. The molecule has 27 heavy (non-hydrogen) atoms. The van der Waals surface area contributed by atoms with E-state index in [1.807, 2.05) is 0 Å². The lowest BCUT2D eigenvalue weighted by Gasteiger charge is -2.05. The third-order valence-corrected chi connectivity index (χ3v) is 4.52. The number of nitrogens with one attached hydrogen (secondary N) is 2. The van der Waals surface area contributed by atoms with E-state index in [1.165, 1.54) is 6.07 Å². The number of aromatic nitrogens is 2.